The lowest BCUT2D eigenvalue weighted by Gasteiger charge is -2.19. The number of aryl methyl sites for hydroxylation is 1. The highest BCUT2D eigenvalue weighted by Crippen LogP contribution is 2.38. The number of hydrogen-bond donors (Lipinski definition) is 1. The summed E-state index contributed by atoms with van der Waals surface area (Å²) in [6.07, 6.45) is 1.65. The molecule has 0 aliphatic heterocycles. The molecule has 0 amide bonds. The fourth-order valence-electron chi connectivity index (χ4n) is 2.43. The number of phenols is 1. The lowest BCUT2D eigenvalue weighted by atomic mass is 9.85. The van der Waals surface area contributed by atoms with Crippen molar-refractivity contribution in [3.05, 3.63) is 64.2 Å². The summed E-state index contributed by atoms with van der Waals surface area (Å²) in [5, 5.41) is 10.1. The maximum Gasteiger partial charge on any atom is 0.338 e. The second-order valence-electron chi connectivity index (χ2n) is 5.20. The Balaban J connectivity index is 1.96. The van der Waals surface area contributed by atoms with Crippen molar-refractivity contribution in [1.82, 2.24) is 0 Å². The molecule has 1 N–H and O–H groups in total. The second-order valence-corrected chi connectivity index (χ2v) is 5.20. The molecule has 1 aliphatic rings. The summed E-state index contributed by atoms with van der Waals surface area (Å²) in [5.41, 5.74) is 3.55. The lowest BCUT2D eigenvalue weighted by molar-refractivity contribution is -0.133. The molecule has 0 saturated heterocycles. The van der Waals surface area contributed by atoms with Crippen LogP contribution in [-0.2, 0) is 9.53 Å². The number of rotatable bonds is 3. The SMILES string of the molecule is COC(=O)C1=Cc2cc(C(=O)c3ccc(C)cc3)c(O)cc21. The lowest BCUT2D eigenvalue weighted by Crippen LogP contribution is -2.12. The van der Waals surface area contributed by atoms with Crippen LogP contribution in [0.4, 0.5) is 0 Å². The van der Waals surface area contributed by atoms with Gasteiger partial charge in [-0.1, -0.05) is 29.8 Å². The van der Waals surface area contributed by atoms with Gasteiger partial charge in [-0.05, 0) is 36.3 Å². The number of carbonyl (C=O) groups excluding carboxylic acids is 2. The van der Waals surface area contributed by atoms with Crippen molar-refractivity contribution in [2.24, 2.45) is 0 Å². The van der Waals surface area contributed by atoms with Crippen molar-refractivity contribution in [3.63, 3.8) is 0 Å². The highest BCUT2D eigenvalue weighted by Gasteiger charge is 2.26. The van der Waals surface area contributed by atoms with E-state index in [0.717, 1.165) is 11.1 Å². The zero-order chi connectivity index (χ0) is 15.9. The molecular weight excluding hydrogens is 280 g/mol. The maximum absolute atomic E-state index is 12.5. The molecule has 4 heteroatoms. The molecule has 0 bridgehead atoms. The molecule has 0 atom stereocenters. The minimum absolute atomic E-state index is 0.140. The van der Waals surface area contributed by atoms with Crippen LogP contribution in [0.15, 0.2) is 36.4 Å². The Hall–Kier alpha value is -2.88. The fraction of sp³-hybridized carbons (Fsp3) is 0.111. The number of esters is 1. The van der Waals surface area contributed by atoms with Gasteiger partial charge in [-0.2, -0.15) is 0 Å². The third-order valence-corrected chi connectivity index (χ3v) is 3.72. The van der Waals surface area contributed by atoms with Gasteiger partial charge in [0.1, 0.15) is 5.75 Å². The Bertz CT molecular complexity index is 814. The Morgan fingerprint density at radius 3 is 2.41 bits per heavy atom. The van der Waals surface area contributed by atoms with Gasteiger partial charge in [0.2, 0.25) is 0 Å². The van der Waals surface area contributed by atoms with E-state index in [-0.39, 0.29) is 17.1 Å². The summed E-state index contributed by atoms with van der Waals surface area (Å²) in [6, 6.07) is 10.2. The normalized spacial score (nSPS) is 12.0. The van der Waals surface area contributed by atoms with Crippen LogP contribution in [0, 0.1) is 6.92 Å². The molecular formula is C18H14O4. The minimum atomic E-state index is -0.454. The van der Waals surface area contributed by atoms with Crippen LogP contribution >= 0.6 is 0 Å². The van der Waals surface area contributed by atoms with E-state index in [4.69, 9.17) is 0 Å². The van der Waals surface area contributed by atoms with Gasteiger partial charge in [-0.25, -0.2) is 4.79 Å². The maximum atomic E-state index is 12.5. The van der Waals surface area contributed by atoms with Crippen molar-refractivity contribution in [2.45, 2.75) is 6.92 Å². The fourth-order valence-corrected chi connectivity index (χ4v) is 2.43. The molecule has 2 aromatic carbocycles. The van der Waals surface area contributed by atoms with E-state index in [9.17, 15) is 14.7 Å². The predicted molar refractivity (Wildman–Crippen MR) is 82.6 cm³/mol. The van der Waals surface area contributed by atoms with E-state index < -0.39 is 5.97 Å². The molecule has 0 unspecified atom stereocenters. The van der Waals surface area contributed by atoms with Crippen LogP contribution in [0.2, 0.25) is 0 Å². The zero-order valence-corrected chi connectivity index (χ0v) is 12.2. The number of carbonyl (C=O) groups is 2. The van der Waals surface area contributed by atoms with E-state index in [1.54, 1.807) is 24.3 Å². The third kappa shape index (κ3) is 2.19. The van der Waals surface area contributed by atoms with Gasteiger partial charge in [-0.15, -0.1) is 0 Å². The minimum Gasteiger partial charge on any atom is -0.507 e. The number of hydrogen-bond acceptors (Lipinski definition) is 4. The van der Waals surface area contributed by atoms with Crippen LogP contribution in [0.5, 0.6) is 5.75 Å². The van der Waals surface area contributed by atoms with E-state index >= 15 is 0 Å². The Morgan fingerprint density at radius 1 is 1.09 bits per heavy atom. The quantitative estimate of drug-likeness (QED) is 0.698. The van der Waals surface area contributed by atoms with Crippen molar-refractivity contribution in [2.75, 3.05) is 7.11 Å². The van der Waals surface area contributed by atoms with Gasteiger partial charge in [0.15, 0.2) is 5.78 Å². The molecule has 0 fully saturated rings. The van der Waals surface area contributed by atoms with Crippen LogP contribution in [0.3, 0.4) is 0 Å². The molecule has 0 saturated carbocycles. The molecule has 3 rings (SSSR count). The Kier molecular flexibility index (Phi) is 3.29. The van der Waals surface area contributed by atoms with Crippen molar-refractivity contribution in [1.29, 1.82) is 0 Å². The van der Waals surface area contributed by atoms with Gasteiger partial charge >= 0.3 is 5.97 Å². The largest absolute Gasteiger partial charge is 0.507 e. The monoisotopic (exact) mass is 294 g/mol. The summed E-state index contributed by atoms with van der Waals surface area (Å²) in [4.78, 5) is 24.0. The number of methoxy groups -OCH3 is 1. The van der Waals surface area contributed by atoms with Crippen LogP contribution in [0.1, 0.15) is 32.6 Å². The topological polar surface area (TPSA) is 63.6 Å². The van der Waals surface area contributed by atoms with Crippen LogP contribution in [0.25, 0.3) is 11.6 Å². The number of phenolic OH excluding ortho intramolecular Hbond substituents is 1. The Labute approximate surface area is 127 Å². The smallest absolute Gasteiger partial charge is 0.338 e. The van der Waals surface area contributed by atoms with E-state index in [1.807, 2.05) is 19.1 Å². The summed E-state index contributed by atoms with van der Waals surface area (Å²) in [6.45, 7) is 1.94. The average molecular weight is 294 g/mol. The summed E-state index contributed by atoms with van der Waals surface area (Å²) in [5.74, 6) is -0.844. The molecule has 0 radical (unpaired) electrons. The van der Waals surface area contributed by atoms with Crippen LogP contribution < -0.4 is 0 Å². The second kappa shape index (κ2) is 5.15. The number of ether oxygens (including phenoxy) is 1. The first-order valence-electron chi connectivity index (χ1n) is 6.80. The highest BCUT2D eigenvalue weighted by atomic mass is 16.5. The molecule has 0 spiro atoms. The summed E-state index contributed by atoms with van der Waals surface area (Å²) in [7, 11) is 1.30. The molecule has 2 aromatic rings. The van der Waals surface area contributed by atoms with Crippen molar-refractivity contribution >= 4 is 23.4 Å². The number of benzene rings is 2. The molecule has 110 valence electrons. The molecule has 22 heavy (non-hydrogen) atoms. The molecule has 0 aromatic heterocycles. The van der Waals surface area contributed by atoms with Crippen molar-refractivity contribution < 1.29 is 19.4 Å². The summed E-state index contributed by atoms with van der Waals surface area (Å²) < 4.78 is 4.65. The highest BCUT2D eigenvalue weighted by molar-refractivity contribution is 6.28. The van der Waals surface area contributed by atoms with Gasteiger partial charge in [-0.3, -0.25) is 4.79 Å². The molecule has 1 aliphatic carbocycles. The molecule has 0 heterocycles. The van der Waals surface area contributed by atoms with Gasteiger partial charge in [0, 0.05) is 5.56 Å². The third-order valence-electron chi connectivity index (χ3n) is 3.72. The number of ketones is 1. The standard InChI is InChI=1S/C18H14O4/c1-10-3-5-11(6-4-10)17(20)15-8-12-7-14(18(21)22-2)13(12)9-16(15)19/h3-9,19H,1-2H3. The van der Waals surface area contributed by atoms with Gasteiger partial charge < -0.3 is 9.84 Å². The predicted octanol–water partition coefficient (Wildman–Crippen LogP) is 2.96. The first kappa shape index (κ1) is 14.1. The first-order chi connectivity index (χ1) is 10.5. The van der Waals surface area contributed by atoms with Crippen molar-refractivity contribution in [3.8, 4) is 5.75 Å². The van der Waals surface area contributed by atoms with E-state index in [0.29, 0.717) is 16.7 Å². The molecule has 4 nitrogen and oxygen atoms in total. The number of aromatic hydroxyl groups is 1. The first-order valence-corrected chi connectivity index (χ1v) is 6.80. The number of fused-ring (bicyclic) bond motifs is 1. The van der Waals surface area contributed by atoms with Gasteiger partial charge in [0.05, 0.1) is 18.2 Å². The van der Waals surface area contributed by atoms with E-state index in [1.165, 1.54) is 13.2 Å². The van der Waals surface area contributed by atoms with Gasteiger partial charge in [0.25, 0.3) is 0 Å². The average Bonchev–Trinajstić information content (AvgIpc) is 2.50. The van der Waals surface area contributed by atoms with E-state index in [2.05, 4.69) is 4.74 Å². The zero-order valence-electron chi connectivity index (χ0n) is 12.2. The van der Waals surface area contributed by atoms with Crippen LogP contribution in [-0.4, -0.2) is 24.0 Å². The Morgan fingerprint density at radius 2 is 1.77 bits per heavy atom. The summed E-state index contributed by atoms with van der Waals surface area (Å²) >= 11 is 0.